The number of hydrogen-bond acceptors (Lipinski definition) is 5. The molecule has 1 aromatic carbocycles. The van der Waals surface area contributed by atoms with Gasteiger partial charge in [-0.15, -0.1) is 0 Å². The number of nitrogens with zero attached hydrogens (tertiary/aromatic N) is 3. The van der Waals surface area contributed by atoms with Gasteiger partial charge in [-0.1, -0.05) is 0 Å². The molecule has 2 rings (SSSR count). The van der Waals surface area contributed by atoms with Gasteiger partial charge in [-0.2, -0.15) is 5.26 Å². The molecule has 3 N–H and O–H groups in total. The van der Waals surface area contributed by atoms with Crippen LogP contribution in [-0.4, -0.2) is 49.3 Å². The van der Waals surface area contributed by atoms with Crippen LogP contribution in [0.2, 0.25) is 0 Å². The van der Waals surface area contributed by atoms with E-state index in [-0.39, 0.29) is 6.61 Å². The normalized spacial score (nSPS) is 16.9. The Labute approximate surface area is 113 Å². The summed E-state index contributed by atoms with van der Waals surface area (Å²) < 4.78 is 0. The molecule has 1 aliphatic rings. The minimum atomic E-state index is 0.209. The Bertz CT molecular complexity index is 469. The second-order valence-corrected chi connectivity index (χ2v) is 4.79. The van der Waals surface area contributed by atoms with Gasteiger partial charge < -0.3 is 15.7 Å². The number of β-amino-alcohol motifs (C(OH)–C–C–N with tert-alkyl or cyclic N) is 1. The van der Waals surface area contributed by atoms with Crippen molar-refractivity contribution < 1.29 is 5.11 Å². The van der Waals surface area contributed by atoms with Gasteiger partial charge >= 0.3 is 0 Å². The van der Waals surface area contributed by atoms with Crippen LogP contribution in [0.4, 0.5) is 11.4 Å². The van der Waals surface area contributed by atoms with E-state index in [1.807, 2.05) is 12.1 Å². The van der Waals surface area contributed by atoms with E-state index in [4.69, 9.17) is 16.1 Å². The number of nitrogen functional groups attached to an aromatic ring is 1. The summed E-state index contributed by atoms with van der Waals surface area (Å²) >= 11 is 0. The molecule has 1 fully saturated rings. The molecular formula is C14H20N4O. The van der Waals surface area contributed by atoms with E-state index in [0.717, 1.165) is 44.8 Å². The smallest absolute Gasteiger partial charge is 0.101 e. The first-order chi connectivity index (χ1) is 9.24. The Balaban J connectivity index is 2.08. The highest BCUT2D eigenvalue weighted by molar-refractivity contribution is 5.62. The Hall–Kier alpha value is -1.77. The Morgan fingerprint density at radius 1 is 1.26 bits per heavy atom. The Morgan fingerprint density at radius 3 is 2.84 bits per heavy atom. The number of nitriles is 1. The lowest BCUT2D eigenvalue weighted by Gasteiger charge is -2.23. The topological polar surface area (TPSA) is 76.5 Å². The summed E-state index contributed by atoms with van der Waals surface area (Å²) in [7, 11) is 0. The molecule has 1 saturated heterocycles. The highest BCUT2D eigenvalue weighted by Gasteiger charge is 2.15. The number of rotatable bonds is 3. The summed E-state index contributed by atoms with van der Waals surface area (Å²) in [5.41, 5.74) is 7.86. The van der Waals surface area contributed by atoms with Crippen LogP contribution in [0.3, 0.4) is 0 Å². The zero-order chi connectivity index (χ0) is 13.7. The van der Waals surface area contributed by atoms with E-state index in [2.05, 4.69) is 15.9 Å². The highest BCUT2D eigenvalue weighted by atomic mass is 16.3. The first kappa shape index (κ1) is 13.7. The monoisotopic (exact) mass is 260 g/mol. The zero-order valence-electron chi connectivity index (χ0n) is 11.0. The van der Waals surface area contributed by atoms with Gasteiger partial charge in [-0.05, 0) is 31.2 Å². The van der Waals surface area contributed by atoms with Gasteiger partial charge in [0.2, 0.25) is 0 Å². The molecular weight excluding hydrogens is 240 g/mol. The van der Waals surface area contributed by atoms with Crippen molar-refractivity contribution in [2.45, 2.75) is 6.42 Å². The van der Waals surface area contributed by atoms with Crippen LogP contribution >= 0.6 is 0 Å². The molecule has 1 heterocycles. The van der Waals surface area contributed by atoms with Gasteiger partial charge in [0.25, 0.3) is 0 Å². The predicted molar refractivity (Wildman–Crippen MR) is 75.9 cm³/mol. The molecule has 0 bridgehead atoms. The standard InChI is InChI=1S/C14H20N4O/c15-11-12-10-13(2-3-14(12)16)18-5-1-4-17(6-7-18)8-9-19/h2-3,10,19H,1,4-9,16H2. The molecule has 1 aromatic rings. The fourth-order valence-electron chi connectivity index (χ4n) is 2.43. The Morgan fingerprint density at radius 2 is 2.11 bits per heavy atom. The summed E-state index contributed by atoms with van der Waals surface area (Å²) in [5.74, 6) is 0. The van der Waals surface area contributed by atoms with Crippen LogP contribution in [0.1, 0.15) is 12.0 Å². The number of aliphatic hydroxyl groups excluding tert-OH is 1. The molecule has 0 unspecified atom stereocenters. The average Bonchev–Trinajstić information content (AvgIpc) is 2.66. The van der Waals surface area contributed by atoms with Crippen LogP contribution in [0.15, 0.2) is 18.2 Å². The molecule has 0 aliphatic carbocycles. The van der Waals surface area contributed by atoms with E-state index in [0.29, 0.717) is 11.3 Å². The molecule has 102 valence electrons. The molecule has 19 heavy (non-hydrogen) atoms. The average molecular weight is 260 g/mol. The SMILES string of the molecule is N#Cc1cc(N2CCCN(CCO)CC2)ccc1N. The second-order valence-electron chi connectivity index (χ2n) is 4.79. The van der Waals surface area contributed by atoms with Crippen molar-refractivity contribution in [3.05, 3.63) is 23.8 Å². The van der Waals surface area contributed by atoms with E-state index >= 15 is 0 Å². The molecule has 0 aromatic heterocycles. The number of benzene rings is 1. The van der Waals surface area contributed by atoms with Gasteiger partial charge in [0.05, 0.1) is 12.2 Å². The van der Waals surface area contributed by atoms with Crippen LogP contribution in [0, 0.1) is 11.3 Å². The fourth-order valence-corrected chi connectivity index (χ4v) is 2.43. The molecule has 0 radical (unpaired) electrons. The summed E-state index contributed by atoms with van der Waals surface area (Å²) in [6.45, 7) is 4.77. The zero-order valence-corrected chi connectivity index (χ0v) is 11.0. The molecule has 0 amide bonds. The number of aliphatic hydroxyl groups is 1. The summed E-state index contributed by atoms with van der Waals surface area (Å²) in [6, 6.07) is 7.75. The number of nitrogens with two attached hydrogens (primary N) is 1. The number of hydrogen-bond donors (Lipinski definition) is 2. The van der Waals surface area contributed by atoms with Crippen molar-refractivity contribution >= 4 is 11.4 Å². The fraction of sp³-hybridized carbons (Fsp3) is 0.500. The maximum absolute atomic E-state index is 9.02. The van der Waals surface area contributed by atoms with Crippen LogP contribution in [0.5, 0.6) is 0 Å². The first-order valence-corrected chi connectivity index (χ1v) is 6.62. The maximum Gasteiger partial charge on any atom is 0.101 e. The van der Waals surface area contributed by atoms with E-state index < -0.39 is 0 Å². The molecule has 0 spiro atoms. The first-order valence-electron chi connectivity index (χ1n) is 6.62. The van der Waals surface area contributed by atoms with Crippen molar-refractivity contribution in [2.24, 2.45) is 0 Å². The summed E-state index contributed by atoms with van der Waals surface area (Å²) in [6.07, 6.45) is 1.06. The largest absolute Gasteiger partial charge is 0.398 e. The lowest BCUT2D eigenvalue weighted by atomic mass is 10.1. The molecule has 5 heteroatoms. The van der Waals surface area contributed by atoms with Gasteiger partial charge in [0.15, 0.2) is 0 Å². The van der Waals surface area contributed by atoms with Crippen molar-refractivity contribution in [3.8, 4) is 6.07 Å². The molecule has 5 nitrogen and oxygen atoms in total. The van der Waals surface area contributed by atoms with Gasteiger partial charge in [0, 0.05) is 37.6 Å². The van der Waals surface area contributed by atoms with Gasteiger partial charge in [-0.25, -0.2) is 0 Å². The van der Waals surface area contributed by atoms with Crippen molar-refractivity contribution in [1.82, 2.24) is 4.90 Å². The summed E-state index contributed by atoms with van der Waals surface area (Å²) in [4.78, 5) is 4.54. The minimum absolute atomic E-state index is 0.209. The van der Waals surface area contributed by atoms with Crippen LogP contribution < -0.4 is 10.6 Å². The van der Waals surface area contributed by atoms with Crippen molar-refractivity contribution in [3.63, 3.8) is 0 Å². The van der Waals surface area contributed by atoms with E-state index in [9.17, 15) is 0 Å². The quantitative estimate of drug-likeness (QED) is 0.780. The minimum Gasteiger partial charge on any atom is -0.398 e. The van der Waals surface area contributed by atoms with Gasteiger partial charge in [-0.3, -0.25) is 4.90 Å². The van der Waals surface area contributed by atoms with E-state index in [1.165, 1.54) is 0 Å². The third kappa shape index (κ3) is 3.37. The molecule has 1 aliphatic heterocycles. The van der Waals surface area contributed by atoms with Crippen LogP contribution in [0.25, 0.3) is 0 Å². The predicted octanol–water partition coefficient (Wildman–Crippen LogP) is 0.645. The third-order valence-corrected chi connectivity index (χ3v) is 3.53. The highest BCUT2D eigenvalue weighted by Crippen LogP contribution is 2.21. The number of anilines is 2. The third-order valence-electron chi connectivity index (χ3n) is 3.53. The van der Waals surface area contributed by atoms with Gasteiger partial charge in [0.1, 0.15) is 6.07 Å². The van der Waals surface area contributed by atoms with Crippen molar-refractivity contribution in [2.75, 3.05) is 50.0 Å². The van der Waals surface area contributed by atoms with Crippen molar-refractivity contribution in [1.29, 1.82) is 5.26 Å². The molecule has 0 saturated carbocycles. The Kier molecular flexibility index (Phi) is 4.61. The van der Waals surface area contributed by atoms with Crippen LogP contribution in [-0.2, 0) is 0 Å². The lowest BCUT2D eigenvalue weighted by Crippen LogP contribution is -2.32. The van der Waals surface area contributed by atoms with E-state index in [1.54, 1.807) is 6.07 Å². The maximum atomic E-state index is 9.02. The second kappa shape index (κ2) is 6.41. The summed E-state index contributed by atoms with van der Waals surface area (Å²) in [5, 5.41) is 18.0. The molecule has 0 atom stereocenters. The lowest BCUT2D eigenvalue weighted by molar-refractivity contribution is 0.204.